The lowest BCUT2D eigenvalue weighted by Gasteiger charge is -2.17. The predicted molar refractivity (Wildman–Crippen MR) is 108 cm³/mol. The van der Waals surface area contributed by atoms with E-state index in [1.54, 1.807) is 12.3 Å². The van der Waals surface area contributed by atoms with Crippen molar-refractivity contribution in [3.63, 3.8) is 0 Å². The largest absolute Gasteiger partial charge is 0.467 e. The van der Waals surface area contributed by atoms with E-state index in [1.165, 1.54) is 11.8 Å². The highest BCUT2D eigenvalue weighted by Gasteiger charge is 2.31. The second-order valence-corrected chi connectivity index (χ2v) is 8.36. The number of nitrogens with one attached hydrogen (secondary N) is 1. The van der Waals surface area contributed by atoms with E-state index in [4.69, 9.17) is 4.42 Å². The number of rotatable bonds is 7. The van der Waals surface area contributed by atoms with Crippen molar-refractivity contribution in [2.24, 2.45) is 0 Å². The van der Waals surface area contributed by atoms with Crippen molar-refractivity contribution in [3.8, 4) is 0 Å². The molecule has 148 valence electrons. The van der Waals surface area contributed by atoms with E-state index in [-0.39, 0.29) is 17.4 Å². The number of ketones is 1. The topological polar surface area (TPSA) is 90.0 Å². The molecule has 0 saturated heterocycles. The summed E-state index contributed by atoms with van der Waals surface area (Å²) in [6.07, 6.45) is 5.04. The Hall–Kier alpha value is -2.87. The highest BCUT2D eigenvalue weighted by atomic mass is 32.2. The van der Waals surface area contributed by atoms with Crippen LogP contribution in [0.25, 0.3) is 0 Å². The second kappa shape index (κ2) is 7.51. The molecule has 0 radical (unpaired) electrons. The molecule has 0 spiro atoms. The van der Waals surface area contributed by atoms with Crippen molar-refractivity contribution in [1.29, 1.82) is 0 Å². The first-order valence-corrected chi connectivity index (χ1v) is 10.7. The first-order chi connectivity index (χ1) is 14.2. The zero-order chi connectivity index (χ0) is 19.8. The monoisotopic (exact) mass is 408 g/mol. The zero-order valence-corrected chi connectivity index (χ0v) is 16.6. The lowest BCUT2D eigenvalue weighted by molar-refractivity contribution is -0.116. The molecule has 1 amide bonds. The molecule has 2 aromatic heterocycles. The fraction of sp³-hybridized carbons (Fsp3) is 0.333. The predicted octanol–water partition coefficient (Wildman–Crippen LogP) is 3.66. The van der Waals surface area contributed by atoms with Gasteiger partial charge in [0.1, 0.15) is 11.6 Å². The van der Waals surface area contributed by atoms with Gasteiger partial charge in [-0.05, 0) is 55.2 Å². The normalized spacial score (nSPS) is 15.8. The van der Waals surface area contributed by atoms with Gasteiger partial charge in [-0.3, -0.25) is 14.2 Å². The number of hydrogen-bond acceptors (Lipinski definition) is 6. The summed E-state index contributed by atoms with van der Waals surface area (Å²) < 4.78 is 7.56. The molecule has 0 bridgehead atoms. The lowest BCUT2D eigenvalue weighted by atomic mass is 9.99. The third-order valence-electron chi connectivity index (χ3n) is 5.24. The Morgan fingerprint density at radius 1 is 1.24 bits per heavy atom. The minimum absolute atomic E-state index is 0.0227. The van der Waals surface area contributed by atoms with Crippen LogP contribution in [0.5, 0.6) is 0 Å². The number of aromatic nitrogens is 3. The number of aryl methyl sites for hydroxylation is 1. The zero-order valence-electron chi connectivity index (χ0n) is 15.8. The minimum atomic E-state index is 0.0227. The molecule has 0 atom stereocenters. The quantitative estimate of drug-likeness (QED) is 0.474. The van der Waals surface area contributed by atoms with E-state index >= 15 is 0 Å². The van der Waals surface area contributed by atoms with Crippen LogP contribution in [-0.2, 0) is 17.8 Å². The van der Waals surface area contributed by atoms with Gasteiger partial charge in [-0.25, -0.2) is 0 Å². The molecule has 5 rings (SSSR count). The number of Topliss-reactive ketones (excluding diaryl/α,β-unsaturated/α-hetero) is 1. The van der Waals surface area contributed by atoms with E-state index < -0.39 is 0 Å². The van der Waals surface area contributed by atoms with Crippen LogP contribution in [0.4, 0.5) is 5.69 Å². The fourth-order valence-corrected chi connectivity index (χ4v) is 4.37. The Bertz CT molecular complexity index is 1070. The van der Waals surface area contributed by atoms with Crippen LogP contribution in [0, 0.1) is 0 Å². The van der Waals surface area contributed by atoms with E-state index in [9.17, 15) is 9.59 Å². The molecule has 1 aliphatic heterocycles. The Morgan fingerprint density at radius 3 is 2.93 bits per heavy atom. The number of nitrogens with zero attached hydrogens (tertiary/aromatic N) is 3. The first-order valence-electron chi connectivity index (χ1n) is 9.71. The molecule has 1 aliphatic carbocycles. The number of carbonyl (C=O) groups is 2. The van der Waals surface area contributed by atoms with Crippen molar-refractivity contribution < 1.29 is 14.0 Å². The van der Waals surface area contributed by atoms with Crippen LogP contribution in [0.3, 0.4) is 0 Å². The third-order valence-corrected chi connectivity index (χ3v) is 6.20. The summed E-state index contributed by atoms with van der Waals surface area (Å²) in [5.74, 6) is 2.62. The summed E-state index contributed by atoms with van der Waals surface area (Å²) >= 11 is 1.40. The van der Waals surface area contributed by atoms with E-state index in [0.29, 0.717) is 30.9 Å². The number of thioether (sulfide) groups is 1. The smallest absolute Gasteiger partial charge is 0.224 e. The molecule has 8 heteroatoms. The maximum absolute atomic E-state index is 12.8. The second-order valence-electron chi connectivity index (χ2n) is 7.41. The SMILES string of the molecule is O=C1CCc2cc(C(=O)CSc3nnc(C4CC4)n3Cc3ccco3)ccc2N1. The standard InChI is InChI=1S/C21H20N4O3S/c26-18(15-5-7-17-14(10-15)6-8-19(27)22-17)12-29-21-24-23-20(13-3-4-13)25(21)11-16-2-1-9-28-16/h1-2,5,7,9-10,13H,3-4,6,8,11-12H2,(H,22,27). The van der Waals surface area contributed by atoms with Crippen molar-refractivity contribution in [1.82, 2.24) is 14.8 Å². The molecular formula is C21H20N4O3S. The molecule has 3 heterocycles. The Kier molecular flexibility index (Phi) is 4.71. The van der Waals surface area contributed by atoms with Crippen LogP contribution < -0.4 is 5.32 Å². The molecule has 1 aromatic carbocycles. The van der Waals surface area contributed by atoms with Gasteiger partial charge in [0.05, 0.1) is 18.6 Å². The van der Waals surface area contributed by atoms with Gasteiger partial charge in [0.25, 0.3) is 0 Å². The van der Waals surface area contributed by atoms with Crippen molar-refractivity contribution in [3.05, 3.63) is 59.3 Å². The van der Waals surface area contributed by atoms with Gasteiger partial charge in [0.2, 0.25) is 5.91 Å². The van der Waals surface area contributed by atoms with Crippen molar-refractivity contribution in [2.45, 2.75) is 43.3 Å². The number of furan rings is 1. The van der Waals surface area contributed by atoms with Crippen molar-refractivity contribution in [2.75, 3.05) is 11.1 Å². The van der Waals surface area contributed by atoms with Gasteiger partial charge in [0.15, 0.2) is 10.9 Å². The summed E-state index contributed by atoms with van der Waals surface area (Å²) in [6, 6.07) is 9.28. The number of amides is 1. The van der Waals surface area contributed by atoms with Gasteiger partial charge in [-0.15, -0.1) is 10.2 Å². The van der Waals surface area contributed by atoms with Gasteiger partial charge in [-0.2, -0.15) is 0 Å². The van der Waals surface area contributed by atoms with Gasteiger partial charge in [-0.1, -0.05) is 11.8 Å². The number of carbonyl (C=O) groups excluding carboxylic acids is 2. The molecule has 7 nitrogen and oxygen atoms in total. The molecular weight excluding hydrogens is 388 g/mol. The number of hydrogen-bond donors (Lipinski definition) is 1. The van der Waals surface area contributed by atoms with Gasteiger partial charge < -0.3 is 9.73 Å². The molecule has 29 heavy (non-hydrogen) atoms. The summed E-state index contributed by atoms with van der Waals surface area (Å²) in [5.41, 5.74) is 2.47. The van der Waals surface area contributed by atoms with E-state index in [2.05, 4.69) is 20.1 Å². The molecule has 1 saturated carbocycles. The number of benzene rings is 1. The average Bonchev–Trinajstić information content (AvgIpc) is 3.29. The Balaban J connectivity index is 1.31. The Labute approximate surface area is 171 Å². The summed E-state index contributed by atoms with van der Waals surface area (Å²) in [4.78, 5) is 24.3. The van der Waals surface area contributed by atoms with Gasteiger partial charge in [0, 0.05) is 23.6 Å². The van der Waals surface area contributed by atoms with E-state index in [1.807, 2.05) is 24.3 Å². The Morgan fingerprint density at radius 2 is 2.14 bits per heavy atom. The van der Waals surface area contributed by atoms with Crippen LogP contribution in [-0.4, -0.2) is 32.2 Å². The summed E-state index contributed by atoms with van der Waals surface area (Å²) in [6.45, 7) is 0.570. The lowest BCUT2D eigenvalue weighted by Crippen LogP contribution is -2.19. The number of anilines is 1. The third kappa shape index (κ3) is 3.85. The summed E-state index contributed by atoms with van der Waals surface area (Å²) in [5, 5.41) is 12.3. The van der Waals surface area contributed by atoms with Crippen LogP contribution >= 0.6 is 11.8 Å². The molecule has 3 aromatic rings. The molecule has 2 aliphatic rings. The number of fused-ring (bicyclic) bond motifs is 1. The fourth-order valence-electron chi connectivity index (χ4n) is 3.53. The minimum Gasteiger partial charge on any atom is -0.467 e. The molecule has 0 unspecified atom stereocenters. The van der Waals surface area contributed by atoms with Crippen LogP contribution in [0.2, 0.25) is 0 Å². The first kappa shape index (κ1) is 18.2. The highest BCUT2D eigenvalue weighted by molar-refractivity contribution is 7.99. The van der Waals surface area contributed by atoms with Crippen molar-refractivity contribution >= 4 is 29.1 Å². The molecule has 1 N–H and O–H groups in total. The maximum Gasteiger partial charge on any atom is 0.224 e. The van der Waals surface area contributed by atoms with Crippen LogP contribution in [0.15, 0.2) is 46.2 Å². The summed E-state index contributed by atoms with van der Waals surface area (Å²) in [7, 11) is 0. The van der Waals surface area contributed by atoms with E-state index in [0.717, 1.165) is 40.8 Å². The van der Waals surface area contributed by atoms with Crippen LogP contribution in [0.1, 0.15) is 52.7 Å². The van der Waals surface area contributed by atoms with Gasteiger partial charge >= 0.3 is 0 Å². The maximum atomic E-state index is 12.8. The molecule has 1 fully saturated rings. The average molecular weight is 408 g/mol. The highest BCUT2D eigenvalue weighted by Crippen LogP contribution is 2.40.